The summed E-state index contributed by atoms with van der Waals surface area (Å²) in [5.74, 6) is -0.729. The van der Waals surface area contributed by atoms with Crippen LogP contribution in [0.15, 0.2) is 77.7 Å². The molecule has 1 N–H and O–H groups in total. The molecular formula is C32H38FN3O6S. The van der Waals surface area contributed by atoms with Gasteiger partial charge in [-0.2, -0.15) is 0 Å². The van der Waals surface area contributed by atoms with Crippen molar-refractivity contribution < 1.29 is 31.9 Å². The van der Waals surface area contributed by atoms with Crippen LogP contribution in [0.1, 0.15) is 39.2 Å². The van der Waals surface area contributed by atoms with Gasteiger partial charge in [-0.1, -0.05) is 44.2 Å². The van der Waals surface area contributed by atoms with E-state index in [1.54, 1.807) is 0 Å². The van der Waals surface area contributed by atoms with Gasteiger partial charge in [0.2, 0.25) is 11.8 Å². The van der Waals surface area contributed by atoms with Crippen LogP contribution in [0, 0.1) is 5.82 Å². The minimum Gasteiger partial charge on any atom is -0.486 e. The van der Waals surface area contributed by atoms with Crippen LogP contribution in [0.2, 0.25) is 0 Å². The number of rotatable bonds is 13. The van der Waals surface area contributed by atoms with Crippen molar-refractivity contribution >= 4 is 27.5 Å². The molecule has 0 saturated heterocycles. The van der Waals surface area contributed by atoms with E-state index in [4.69, 9.17) is 9.47 Å². The number of ether oxygens (including phenoxy) is 2. The highest BCUT2D eigenvalue weighted by atomic mass is 32.2. The molecular weight excluding hydrogens is 573 g/mol. The van der Waals surface area contributed by atoms with Crippen LogP contribution in [0.5, 0.6) is 11.5 Å². The third-order valence-corrected chi connectivity index (χ3v) is 9.14. The number of hydrogen-bond donors (Lipinski definition) is 1. The van der Waals surface area contributed by atoms with Crippen molar-refractivity contribution in [3.8, 4) is 11.5 Å². The van der Waals surface area contributed by atoms with Gasteiger partial charge in [-0.05, 0) is 68.1 Å². The molecule has 0 aromatic heterocycles. The first-order valence-corrected chi connectivity index (χ1v) is 15.9. The number of anilines is 1. The van der Waals surface area contributed by atoms with Gasteiger partial charge < -0.3 is 19.7 Å². The quantitative estimate of drug-likeness (QED) is 0.304. The molecule has 11 heteroatoms. The van der Waals surface area contributed by atoms with E-state index in [0.717, 1.165) is 22.0 Å². The molecule has 0 aliphatic carbocycles. The van der Waals surface area contributed by atoms with Crippen molar-refractivity contribution in [3.63, 3.8) is 0 Å². The monoisotopic (exact) mass is 611 g/mol. The third kappa shape index (κ3) is 7.84. The highest BCUT2D eigenvalue weighted by Gasteiger charge is 2.34. The second kappa shape index (κ2) is 14.4. The second-order valence-electron chi connectivity index (χ2n) is 10.4. The van der Waals surface area contributed by atoms with Gasteiger partial charge in [0.25, 0.3) is 10.0 Å². The molecule has 0 bridgehead atoms. The Kier molecular flexibility index (Phi) is 10.6. The number of carbonyl (C=O) groups is 2. The molecule has 0 fully saturated rings. The Morgan fingerprint density at radius 3 is 2.26 bits per heavy atom. The third-order valence-electron chi connectivity index (χ3n) is 7.37. The lowest BCUT2D eigenvalue weighted by Gasteiger charge is -2.33. The molecule has 4 rings (SSSR count). The summed E-state index contributed by atoms with van der Waals surface area (Å²) < 4.78 is 54.1. The van der Waals surface area contributed by atoms with Gasteiger partial charge in [0.15, 0.2) is 11.5 Å². The number of hydrogen-bond acceptors (Lipinski definition) is 6. The molecule has 2 amide bonds. The standard InChI is InChI=1S/C32H38FN3O6S/c1-4-23(3)34-32(38)28(5-2)35(18-17-24-9-7-6-8-10-24)31(37)22-36(26-13-11-25(33)12-14-26)43(39,40)27-15-16-29-30(21-27)42-20-19-41-29/h6-16,21,23,28H,4-5,17-20,22H2,1-3H3,(H,34,38)/t23-,28+/m1/s1. The smallest absolute Gasteiger partial charge is 0.264 e. The molecule has 0 radical (unpaired) electrons. The molecule has 1 heterocycles. The number of carbonyl (C=O) groups excluding carboxylic acids is 2. The summed E-state index contributed by atoms with van der Waals surface area (Å²) in [4.78, 5) is 28.8. The zero-order valence-corrected chi connectivity index (χ0v) is 25.5. The average Bonchev–Trinajstić information content (AvgIpc) is 3.02. The molecule has 3 aromatic carbocycles. The first kappa shape index (κ1) is 31.8. The normalized spacial score (nSPS) is 14.0. The Morgan fingerprint density at radius 1 is 0.930 bits per heavy atom. The molecule has 0 unspecified atom stereocenters. The van der Waals surface area contributed by atoms with E-state index in [2.05, 4.69) is 5.32 Å². The first-order valence-electron chi connectivity index (χ1n) is 14.5. The molecule has 0 saturated carbocycles. The van der Waals surface area contributed by atoms with E-state index in [1.165, 1.54) is 35.2 Å². The van der Waals surface area contributed by atoms with Crippen molar-refractivity contribution in [2.45, 2.75) is 57.0 Å². The van der Waals surface area contributed by atoms with Crippen molar-refractivity contribution in [3.05, 3.63) is 84.2 Å². The SMILES string of the molecule is CC[C@@H](C)NC(=O)[C@H](CC)N(CCc1ccccc1)C(=O)CN(c1ccc(F)cc1)S(=O)(=O)c1ccc2c(c1)OCCO2. The number of nitrogens with one attached hydrogen (secondary N) is 1. The summed E-state index contributed by atoms with van der Waals surface area (Å²) in [6.07, 6.45) is 1.51. The topological polar surface area (TPSA) is 105 Å². The van der Waals surface area contributed by atoms with Gasteiger partial charge in [-0.3, -0.25) is 13.9 Å². The van der Waals surface area contributed by atoms with Crippen LogP contribution in [-0.2, 0) is 26.0 Å². The van der Waals surface area contributed by atoms with Crippen LogP contribution < -0.4 is 19.1 Å². The van der Waals surface area contributed by atoms with Gasteiger partial charge >= 0.3 is 0 Å². The van der Waals surface area contributed by atoms with E-state index < -0.39 is 34.3 Å². The fourth-order valence-electron chi connectivity index (χ4n) is 4.78. The Hall–Kier alpha value is -4.12. The minimum atomic E-state index is -4.34. The number of fused-ring (bicyclic) bond motifs is 1. The number of amides is 2. The molecule has 230 valence electrons. The lowest BCUT2D eigenvalue weighted by atomic mass is 10.1. The summed E-state index contributed by atoms with van der Waals surface area (Å²) in [5.41, 5.74) is 1.07. The van der Waals surface area contributed by atoms with Gasteiger partial charge in [0.05, 0.1) is 10.6 Å². The fraction of sp³-hybridized carbons (Fsp3) is 0.375. The highest BCUT2D eigenvalue weighted by molar-refractivity contribution is 7.92. The molecule has 43 heavy (non-hydrogen) atoms. The number of benzene rings is 3. The lowest BCUT2D eigenvalue weighted by molar-refractivity contribution is -0.139. The molecule has 1 aliphatic rings. The van der Waals surface area contributed by atoms with Gasteiger partial charge in [-0.15, -0.1) is 0 Å². The molecule has 9 nitrogen and oxygen atoms in total. The zero-order chi connectivity index (χ0) is 31.0. The molecule has 3 aromatic rings. The summed E-state index contributed by atoms with van der Waals surface area (Å²) in [5, 5.41) is 2.96. The zero-order valence-electron chi connectivity index (χ0n) is 24.7. The van der Waals surface area contributed by atoms with E-state index in [0.29, 0.717) is 31.6 Å². The van der Waals surface area contributed by atoms with Crippen molar-refractivity contribution in [2.24, 2.45) is 0 Å². The number of halogens is 1. The maximum Gasteiger partial charge on any atom is 0.264 e. The Morgan fingerprint density at radius 2 is 1.60 bits per heavy atom. The highest BCUT2D eigenvalue weighted by Crippen LogP contribution is 2.34. The van der Waals surface area contributed by atoms with Crippen molar-refractivity contribution in [1.29, 1.82) is 0 Å². The predicted molar refractivity (Wildman–Crippen MR) is 162 cm³/mol. The van der Waals surface area contributed by atoms with Crippen LogP contribution >= 0.6 is 0 Å². The van der Waals surface area contributed by atoms with Gasteiger partial charge in [0.1, 0.15) is 31.6 Å². The Balaban J connectivity index is 1.70. The molecule has 0 spiro atoms. The van der Waals surface area contributed by atoms with Crippen LogP contribution in [0.4, 0.5) is 10.1 Å². The van der Waals surface area contributed by atoms with E-state index in [1.807, 2.05) is 51.1 Å². The minimum absolute atomic E-state index is 0.0982. The maximum atomic E-state index is 14.1. The van der Waals surface area contributed by atoms with Crippen molar-refractivity contribution in [1.82, 2.24) is 10.2 Å². The van der Waals surface area contributed by atoms with E-state index in [9.17, 15) is 22.4 Å². The van der Waals surface area contributed by atoms with E-state index in [-0.39, 0.29) is 41.4 Å². The predicted octanol–water partition coefficient (Wildman–Crippen LogP) is 4.56. The average molecular weight is 612 g/mol. The fourth-order valence-corrected chi connectivity index (χ4v) is 6.21. The number of sulfonamides is 1. The first-order chi connectivity index (χ1) is 20.6. The number of nitrogens with zero attached hydrogens (tertiary/aromatic N) is 2. The summed E-state index contributed by atoms with van der Waals surface area (Å²) in [6.45, 7) is 5.85. The second-order valence-corrected chi connectivity index (χ2v) is 12.2. The van der Waals surface area contributed by atoms with Crippen LogP contribution in [0.3, 0.4) is 0 Å². The van der Waals surface area contributed by atoms with Crippen molar-refractivity contribution in [2.75, 3.05) is 30.6 Å². The Bertz CT molecular complexity index is 1500. The maximum absolute atomic E-state index is 14.1. The molecule has 2 atom stereocenters. The van der Waals surface area contributed by atoms with Crippen LogP contribution in [-0.4, -0.2) is 63.5 Å². The molecule has 1 aliphatic heterocycles. The Labute approximate surface area is 252 Å². The van der Waals surface area contributed by atoms with E-state index >= 15 is 0 Å². The van der Waals surface area contributed by atoms with Crippen LogP contribution in [0.25, 0.3) is 0 Å². The largest absolute Gasteiger partial charge is 0.486 e. The summed E-state index contributed by atoms with van der Waals surface area (Å²) in [7, 11) is -4.34. The lowest BCUT2D eigenvalue weighted by Crippen LogP contribution is -2.54. The summed E-state index contributed by atoms with van der Waals surface area (Å²) >= 11 is 0. The van der Waals surface area contributed by atoms with Gasteiger partial charge in [-0.25, -0.2) is 12.8 Å². The summed E-state index contributed by atoms with van der Waals surface area (Å²) in [6, 6.07) is 17.7. The van der Waals surface area contributed by atoms with Gasteiger partial charge in [0, 0.05) is 18.7 Å².